The van der Waals surface area contributed by atoms with Gasteiger partial charge in [-0.3, -0.25) is 4.79 Å². The molecule has 0 bridgehead atoms. The van der Waals surface area contributed by atoms with E-state index in [-0.39, 0.29) is 36.7 Å². The van der Waals surface area contributed by atoms with Crippen LogP contribution in [0.1, 0.15) is 59.3 Å². The molecule has 2 aliphatic rings. The minimum absolute atomic E-state index is 0.0148. The second-order valence-electron chi connectivity index (χ2n) is 7.35. The van der Waals surface area contributed by atoms with Crippen molar-refractivity contribution in [3.05, 3.63) is 0 Å². The standard InChI is InChI=1S/C16H29N3O3/c1-16(2,3)22-15(21)19(11-8-9-11)13-7-5-4-6-12(13)18-14(20)10-17/h11-13H,4-10,17H2,1-3H3,(H,18,20)/t12-,13+/m0/s1. The highest BCUT2D eigenvalue weighted by Crippen LogP contribution is 2.35. The molecule has 6 heteroatoms. The minimum atomic E-state index is -0.505. The highest BCUT2D eigenvalue weighted by Gasteiger charge is 2.43. The van der Waals surface area contributed by atoms with E-state index >= 15 is 0 Å². The van der Waals surface area contributed by atoms with Gasteiger partial charge in [-0.15, -0.1) is 0 Å². The van der Waals surface area contributed by atoms with E-state index in [4.69, 9.17) is 10.5 Å². The molecule has 0 unspecified atom stereocenters. The van der Waals surface area contributed by atoms with Crippen molar-refractivity contribution in [3.8, 4) is 0 Å². The summed E-state index contributed by atoms with van der Waals surface area (Å²) in [6.07, 6.45) is 5.73. The maximum Gasteiger partial charge on any atom is 0.410 e. The van der Waals surface area contributed by atoms with Gasteiger partial charge in [0, 0.05) is 12.1 Å². The largest absolute Gasteiger partial charge is 0.444 e. The van der Waals surface area contributed by atoms with Crippen LogP contribution in [-0.2, 0) is 9.53 Å². The first kappa shape index (κ1) is 17.1. The van der Waals surface area contributed by atoms with Gasteiger partial charge in [-0.2, -0.15) is 0 Å². The summed E-state index contributed by atoms with van der Waals surface area (Å²) in [5.74, 6) is -0.156. The first-order valence-electron chi connectivity index (χ1n) is 8.32. The summed E-state index contributed by atoms with van der Waals surface area (Å²) in [6, 6.07) is 0.264. The van der Waals surface area contributed by atoms with Crippen molar-refractivity contribution in [3.63, 3.8) is 0 Å². The van der Waals surface area contributed by atoms with Crippen LogP contribution in [0.4, 0.5) is 4.79 Å². The van der Waals surface area contributed by atoms with Gasteiger partial charge in [-0.25, -0.2) is 4.79 Å². The van der Waals surface area contributed by atoms with Gasteiger partial charge in [-0.05, 0) is 46.5 Å². The fourth-order valence-corrected chi connectivity index (χ4v) is 3.10. The Morgan fingerprint density at radius 3 is 2.36 bits per heavy atom. The molecule has 0 aromatic heterocycles. The first-order chi connectivity index (χ1) is 10.3. The molecule has 0 heterocycles. The Labute approximate surface area is 132 Å². The molecular weight excluding hydrogens is 282 g/mol. The molecule has 2 rings (SSSR count). The van der Waals surface area contributed by atoms with Crippen molar-refractivity contribution in [1.82, 2.24) is 10.2 Å². The number of carbonyl (C=O) groups is 2. The Hall–Kier alpha value is -1.30. The monoisotopic (exact) mass is 311 g/mol. The molecule has 126 valence electrons. The van der Waals surface area contributed by atoms with Crippen LogP contribution in [0.25, 0.3) is 0 Å². The summed E-state index contributed by atoms with van der Waals surface area (Å²) in [5.41, 5.74) is 4.90. The lowest BCUT2D eigenvalue weighted by Gasteiger charge is -2.40. The van der Waals surface area contributed by atoms with Crippen LogP contribution >= 0.6 is 0 Å². The minimum Gasteiger partial charge on any atom is -0.444 e. The second-order valence-corrected chi connectivity index (χ2v) is 7.35. The number of nitrogens with two attached hydrogens (primary N) is 1. The third kappa shape index (κ3) is 4.60. The molecule has 0 saturated heterocycles. The topological polar surface area (TPSA) is 84.7 Å². The van der Waals surface area contributed by atoms with Crippen LogP contribution in [0.2, 0.25) is 0 Å². The molecule has 3 N–H and O–H groups in total. The van der Waals surface area contributed by atoms with Crippen LogP contribution in [0.3, 0.4) is 0 Å². The number of carbonyl (C=O) groups excluding carboxylic acids is 2. The fraction of sp³-hybridized carbons (Fsp3) is 0.875. The molecule has 2 aliphatic carbocycles. The SMILES string of the molecule is CC(C)(C)OC(=O)N(C1CC1)[C@@H]1CCCC[C@@H]1NC(=O)CN. The maximum atomic E-state index is 12.6. The molecule has 22 heavy (non-hydrogen) atoms. The predicted octanol–water partition coefficient (Wildman–Crippen LogP) is 1.77. The van der Waals surface area contributed by atoms with Crippen LogP contribution in [-0.4, -0.2) is 47.2 Å². The molecule has 0 spiro atoms. The van der Waals surface area contributed by atoms with E-state index in [0.717, 1.165) is 38.5 Å². The van der Waals surface area contributed by atoms with Crippen LogP contribution in [0, 0.1) is 0 Å². The Bertz CT molecular complexity index is 415. The number of nitrogens with zero attached hydrogens (tertiary/aromatic N) is 1. The predicted molar refractivity (Wildman–Crippen MR) is 84.3 cm³/mol. The zero-order valence-electron chi connectivity index (χ0n) is 13.9. The summed E-state index contributed by atoms with van der Waals surface area (Å²) in [7, 11) is 0. The summed E-state index contributed by atoms with van der Waals surface area (Å²) in [6.45, 7) is 5.62. The molecule has 0 aromatic rings. The molecule has 6 nitrogen and oxygen atoms in total. The smallest absolute Gasteiger partial charge is 0.410 e. The van der Waals surface area contributed by atoms with Gasteiger partial charge in [0.1, 0.15) is 5.60 Å². The molecule has 0 aromatic carbocycles. The van der Waals surface area contributed by atoms with Crippen LogP contribution in [0.5, 0.6) is 0 Å². The highest BCUT2D eigenvalue weighted by molar-refractivity contribution is 5.78. The fourth-order valence-electron chi connectivity index (χ4n) is 3.10. The second kappa shape index (κ2) is 6.86. The van der Waals surface area contributed by atoms with E-state index in [1.54, 1.807) is 0 Å². The van der Waals surface area contributed by atoms with Gasteiger partial charge in [0.2, 0.25) is 5.91 Å². The number of hydrogen-bond acceptors (Lipinski definition) is 4. The van der Waals surface area contributed by atoms with Crippen LogP contribution < -0.4 is 11.1 Å². The zero-order chi connectivity index (χ0) is 16.3. The molecule has 2 atom stereocenters. The number of ether oxygens (including phenoxy) is 1. The number of nitrogens with one attached hydrogen (secondary N) is 1. The number of amides is 2. The number of rotatable bonds is 4. The van der Waals surface area contributed by atoms with Crippen molar-refractivity contribution in [2.75, 3.05) is 6.54 Å². The van der Waals surface area contributed by atoms with E-state index in [0.29, 0.717) is 0 Å². The normalized spacial score (nSPS) is 25.5. The quantitative estimate of drug-likeness (QED) is 0.828. The summed E-state index contributed by atoms with van der Waals surface area (Å²) in [4.78, 5) is 26.1. The van der Waals surface area contributed by atoms with Crippen molar-refractivity contribution < 1.29 is 14.3 Å². The van der Waals surface area contributed by atoms with Gasteiger partial charge in [0.05, 0.1) is 12.6 Å². The van der Waals surface area contributed by atoms with E-state index in [1.165, 1.54) is 0 Å². The van der Waals surface area contributed by atoms with E-state index in [1.807, 2.05) is 25.7 Å². The molecule has 2 fully saturated rings. The van der Waals surface area contributed by atoms with Gasteiger partial charge in [0.25, 0.3) is 0 Å². The lowest BCUT2D eigenvalue weighted by Crippen LogP contribution is -2.57. The van der Waals surface area contributed by atoms with Crippen molar-refractivity contribution in [2.24, 2.45) is 5.73 Å². The number of hydrogen-bond donors (Lipinski definition) is 2. The first-order valence-corrected chi connectivity index (χ1v) is 8.32. The average Bonchev–Trinajstić information content (AvgIpc) is 3.23. The molecular formula is C16H29N3O3. The molecule has 2 saturated carbocycles. The van der Waals surface area contributed by atoms with Gasteiger partial charge in [-0.1, -0.05) is 12.8 Å². The molecule has 0 aliphatic heterocycles. The van der Waals surface area contributed by atoms with E-state index < -0.39 is 5.60 Å². The Balaban J connectivity index is 2.10. The van der Waals surface area contributed by atoms with Crippen LogP contribution in [0.15, 0.2) is 0 Å². The zero-order valence-corrected chi connectivity index (χ0v) is 13.9. The van der Waals surface area contributed by atoms with Gasteiger partial charge in [0.15, 0.2) is 0 Å². The third-order valence-corrected chi connectivity index (χ3v) is 4.16. The highest BCUT2D eigenvalue weighted by atomic mass is 16.6. The Kier molecular flexibility index (Phi) is 5.32. The summed E-state index contributed by atoms with van der Waals surface area (Å²) >= 11 is 0. The van der Waals surface area contributed by atoms with Crippen molar-refractivity contribution >= 4 is 12.0 Å². The summed E-state index contributed by atoms with van der Waals surface area (Å²) < 4.78 is 5.58. The van der Waals surface area contributed by atoms with E-state index in [2.05, 4.69) is 5.32 Å². The lowest BCUT2D eigenvalue weighted by molar-refractivity contribution is -0.121. The summed E-state index contributed by atoms with van der Waals surface area (Å²) in [5, 5.41) is 2.99. The third-order valence-electron chi connectivity index (χ3n) is 4.16. The van der Waals surface area contributed by atoms with Gasteiger partial charge < -0.3 is 20.7 Å². The molecule has 0 radical (unpaired) electrons. The van der Waals surface area contributed by atoms with Crippen molar-refractivity contribution in [2.45, 2.75) is 83.0 Å². The average molecular weight is 311 g/mol. The molecule has 2 amide bonds. The van der Waals surface area contributed by atoms with Gasteiger partial charge >= 0.3 is 6.09 Å². The Morgan fingerprint density at radius 2 is 1.82 bits per heavy atom. The van der Waals surface area contributed by atoms with Crippen molar-refractivity contribution in [1.29, 1.82) is 0 Å². The van der Waals surface area contributed by atoms with E-state index in [9.17, 15) is 9.59 Å². The Morgan fingerprint density at radius 1 is 1.18 bits per heavy atom. The lowest BCUT2D eigenvalue weighted by atomic mass is 9.89. The maximum absolute atomic E-state index is 12.6.